The lowest BCUT2D eigenvalue weighted by Crippen LogP contribution is -2.41. The average molecular weight is 330 g/mol. The molecule has 128 valence electrons. The molecule has 6 nitrogen and oxygen atoms in total. The lowest BCUT2D eigenvalue weighted by Gasteiger charge is -2.24. The fraction of sp³-hybridized carbons (Fsp3) is 0.500. The van der Waals surface area contributed by atoms with E-state index in [1.807, 2.05) is 19.9 Å². The highest BCUT2D eigenvalue weighted by Gasteiger charge is 2.49. The van der Waals surface area contributed by atoms with Gasteiger partial charge in [-0.15, -0.1) is 0 Å². The van der Waals surface area contributed by atoms with Gasteiger partial charge in [-0.1, -0.05) is 13.8 Å². The van der Waals surface area contributed by atoms with Crippen molar-refractivity contribution in [2.24, 2.45) is 5.41 Å². The van der Waals surface area contributed by atoms with E-state index in [1.165, 1.54) is 0 Å². The first-order valence-electron chi connectivity index (χ1n) is 8.11. The summed E-state index contributed by atoms with van der Waals surface area (Å²) in [7, 11) is 0. The normalized spacial score (nSPS) is 17.7. The van der Waals surface area contributed by atoms with Crippen LogP contribution in [0.3, 0.4) is 0 Å². The van der Waals surface area contributed by atoms with Crippen molar-refractivity contribution in [2.45, 2.75) is 39.2 Å². The first-order chi connectivity index (χ1) is 11.5. The number of ether oxygens (including phenoxy) is 1. The molecular formula is C18H22N2O4. The topological polar surface area (TPSA) is 90.6 Å². The standard InChI is InChI=1S/C18H22N2O4/c1-3-18(4-2)9-16(22)20(17(18)23)11-14(21)12-24-15-7-5-13(10-19)6-8-15/h5-8,14,21H,3-4,9,11-12H2,1-2H3. The highest BCUT2D eigenvalue weighted by Crippen LogP contribution is 2.39. The Morgan fingerprint density at radius 1 is 1.29 bits per heavy atom. The summed E-state index contributed by atoms with van der Waals surface area (Å²) in [6.45, 7) is 3.72. The van der Waals surface area contributed by atoms with E-state index in [4.69, 9.17) is 10.00 Å². The van der Waals surface area contributed by atoms with E-state index < -0.39 is 11.5 Å². The highest BCUT2D eigenvalue weighted by atomic mass is 16.5. The highest BCUT2D eigenvalue weighted by molar-refractivity contribution is 6.05. The van der Waals surface area contributed by atoms with E-state index in [0.717, 1.165) is 4.90 Å². The maximum Gasteiger partial charge on any atom is 0.235 e. The maximum atomic E-state index is 12.5. The van der Waals surface area contributed by atoms with Crippen LogP contribution in [-0.2, 0) is 9.59 Å². The number of benzene rings is 1. The number of hydrogen-bond donors (Lipinski definition) is 1. The minimum absolute atomic E-state index is 0.0335. The van der Waals surface area contributed by atoms with Gasteiger partial charge in [0.25, 0.3) is 0 Å². The summed E-state index contributed by atoms with van der Waals surface area (Å²) >= 11 is 0. The molecule has 1 aromatic carbocycles. The summed E-state index contributed by atoms with van der Waals surface area (Å²) in [5, 5.41) is 18.8. The van der Waals surface area contributed by atoms with Crippen molar-refractivity contribution in [3.05, 3.63) is 29.8 Å². The molecule has 0 radical (unpaired) electrons. The third kappa shape index (κ3) is 3.57. The van der Waals surface area contributed by atoms with Gasteiger partial charge in [0.15, 0.2) is 0 Å². The molecule has 6 heteroatoms. The van der Waals surface area contributed by atoms with Crippen LogP contribution in [-0.4, -0.2) is 41.1 Å². The number of likely N-dealkylation sites (tertiary alicyclic amines) is 1. The molecule has 2 amide bonds. The molecule has 1 fully saturated rings. The van der Waals surface area contributed by atoms with E-state index in [0.29, 0.717) is 24.2 Å². The number of hydrogen-bond acceptors (Lipinski definition) is 5. The van der Waals surface area contributed by atoms with Crippen molar-refractivity contribution in [3.63, 3.8) is 0 Å². The maximum absolute atomic E-state index is 12.5. The fourth-order valence-electron chi connectivity index (χ4n) is 2.93. The molecule has 1 aliphatic heterocycles. The van der Waals surface area contributed by atoms with Gasteiger partial charge in [-0.25, -0.2) is 0 Å². The number of amides is 2. The first-order valence-corrected chi connectivity index (χ1v) is 8.11. The second-order valence-corrected chi connectivity index (χ2v) is 6.07. The Hall–Kier alpha value is -2.39. The molecule has 1 saturated heterocycles. The van der Waals surface area contributed by atoms with Crippen molar-refractivity contribution < 1.29 is 19.4 Å². The monoisotopic (exact) mass is 330 g/mol. The average Bonchev–Trinajstić information content (AvgIpc) is 2.85. The second kappa shape index (κ2) is 7.45. The zero-order valence-electron chi connectivity index (χ0n) is 14.0. The number of rotatable bonds is 7. The molecule has 0 saturated carbocycles. The van der Waals surface area contributed by atoms with Gasteiger partial charge in [0.1, 0.15) is 18.5 Å². The third-order valence-electron chi connectivity index (χ3n) is 4.66. The number of carbonyl (C=O) groups is 2. The molecule has 1 aliphatic rings. The van der Waals surface area contributed by atoms with Crippen LogP contribution >= 0.6 is 0 Å². The van der Waals surface area contributed by atoms with Gasteiger partial charge < -0.3 is 9.84 Å². The molecule has 24 heavy (non-hydrogen) atoms. The molecule has 1 atom stereocenters. The van der Waals surface area contributed by atoms with E-state index in [1.54, 1.807) is 24.3 Å². The SMILES string of the molecule is CCC1(CC)CC(=O)N(CC(O)COc2ccc(C#N)cc2)C1=O. The molecule has 0 aromatic heterocycles. The van der Waals surface area contributed by atoms with E-state index in [-0.39, 0.29) is 31.4 Å². The number of nitriles is 1. The van der Waals surface area contributed by atoms with Crippen LogP contribution in [0, 0.1) is 16.7 Å². The second-order valence-electron chi connectivity index (χ2n) is 6.07. The van der Waals surface area contributed by atoms with Crippen molar-refractivity contribution in [3.8, 4) is 11.8 Å². The van der Waals surface area contributed by atoms with E-state index in [2.05, 4.69) is 0 Å². The minimum atomic E-state index is -0.960. The Bertz CT molecular complexity index is 644. The van der Waals surface area contributed by atoms with Gasteiger partial charge >= 0.3 is 0 Å². The molecule has 0 aliphatic carbocycles. The van der Waals surface area contributed by atoms with Crippen LogP contribution in [0.2, 0.25) is 0 Å². The Balaban J connectivity index is 1.92. The van der Waals surface area contributed by atoms with Crippen molar-refractivity contribution in [2.75, 3.05) is 13.2 Å². The molecule has 0 bridgehead atoms. The predicted octanol–water partition coefficient (Wildman–Crippen LogP) is 1.86. The Labute approximate surface area is 141 Å². The van der Waals surface area contributed by atoms with E-state index >= 15 is 0 Å². The van der Waals surface area contributed by atoms with Crippen molar-refractivity contribution >= 4 is 11.8 Å². The zero-order valence-corrected chi connectivity index (χ0v) is 14.0. The summed E-state index contributed by atoms with van der Waals surface area (Å²) in [6.07, 6.45) is 0.477. The smallest absolute Gasteiger partial charge is 0.235 e. The number of imide groups is 1. The van der Waals surface area contributed by atoms with Gasteiger partial charge in [-0.05, 0) is 37.1 Å². The van der Waals surface area contributed by atoms with Crippen LogP contribution in [0.1, 0.15) is 38.7 Å². The van der Waals surface area contributed by atoms with Crippen LogP contribution < -0.4 is 4.74 Å². The number of β-amino-alcohol motifs (C(OH)–C–C–N with tert-alkyl or cyclic N) is 1. The number of nitrogens with zero attached hydrogens (tertiary/aromatic N) is 2. The minimum Gasteiger partial charge on any atom is -0.491 e. The Kier molecular flexibility index (Phi) is 5.58. The molecule has 1 aromatic rings. The first kappa shape index (κ1) is 18.0. The summed E-state index contributed by atoms with van der Waals surface area (Å²) in [6, 6.07) is 8.51. The summed E-state index contributed by atoms with van der Waals surface area (Å²) < 4.78 is 5.44. The number of aliphatic hydroxyl groups is 1. The van der Waals surface area contributed by atoms with Crippen LogP contribution in [0.15, 0.2) is 24.3 Å². The van der Waals surface area contributed by atoms with E-state index in [9.17, 15) is 14.7 Å². The van der Waals surface area contributed by atoms with Crippen LogP contribution in [0.5, 0.6) is 5.75 Å². The molecule has 1 N–H and O–H groups in total. The van der Waals surface area contributed by atoms with Gasteiger partial charge in [-0.3, -0.25) is 14.5 Å². The Morgan fingerprint density at radius 2 is 1.92 bits per heavy atom. The molecule has 1 unspecified atom stereocenters. The van der Waals surface area contributed by atoms with Gasteiger partial charge in [-0.2, -0.15) is 5.26 Å². The van der Waals surface area contributed by atoms with Crippen molar-refractivity contribution in [1.29, 1.82) is 5.26 Å². The number of carbonyl (C=O) groups excluding carboxylic acids is 2. The van der Waals surface area contributed by atoms with Gasteiger partial charge in [0, 0.05) is 6.42 Å². The summed E-state index contributed by atoms with van der Waals surface area (Å²) in [5.74, 6) is 0.0830. The van der Waals surface area contributed by atoms with Gasteiger partial charge in [0.2, 0.25) is 11.8 Å². The molecular weight excluding hydrogens is 308 g/mol. The summed E-state index contributed by atoms with van der Waals surface area (Å²) in [5.41, 5.74) is -0.100. The molecule has 2 rings (SSSR count). The lowest BCUT2D eigenvalue weighted by molar-refractivity contribution is -0.143. The number of aliphatic hydroxyl groups excluding tert-OH is 1. The molecule has 0 spiro atoms. The quantitative estimate of drug-likeness (QED) is 0.771. The van der Waals surface area contributed by atoms with Crippen LogP contribution in [0.4, 0.5) is 0 Å². The zero-order chi connectivity index (χ0) is 17.7. The van der Waals surface area contributed by atoms with Crippen molar-refractivity contribution in [1.82, 2.24) is 4.90 Å². The predicted molar refractivity (Wildman–Crippen MR) is 87.0 cm³/mol. The third-order valence-corrected chi connectivity index (χ3v) is 4.66. The lowest BCUT2D eigenvalue weighted by atomic mass is 9.81. The van der Waals surface area contributed by atoms with Gasteiger partial charge in [0.05, 0.1) is 23.6 Å². The largest absolute Gasteiger partial charge is 0.491 e. The van der Waals surface area contributed by atoms with Crippen LogP contribution in [0.25, 0.3) is 0 Å². The molecule has 1 heterocycles. The Morgan fingerprint density at radius 3 is 2.42 bits per heavy atom. The fourth-order valence-corrected chi connectivity index (χ4v) is 2.93. The summed E-state index contributed by atoms with van der Waals surface area (Å²) in [4.78, 5) is 25.8.